The van der Waals surface area contributed by atoms with E-state index in [9.17, 15) is 43.9 Å². The second kappa shape index (κ2) is 16.6. The van der Waals surface area contributed by atoms with Crippen LogP contribution in [-0.4, -0.2) is 97.8 Å². The maximum atomic E-state index is 13.8. The van der Waals surface area contributed by atoms with E-state index in [-0.39, 0.29) is 11.4 Å². The van der Waals surface area contributed by atoms with Gasteiger partial charge in [-0.2, -0.15) is 39.5 Å². The van der Waals surface area contributed by atoms with Crippen LogP contribution < -0.4 is 0 Å². The molecular weight excluding hydrogens is 722 g/mol. The van der Waals surface area contributed by atoms with Crippen molar-refractivity contribution in [3.63, 3.8) is 0 Å². The number of hydrogen-bond acceptors (Lipinski definition) is 7. The van der Waals surface area contributed by atoms with Gasteiger partial charge in [0.2, 0.25) is 0 Å². The second-order valence-corrected chi connectivity index (χ2v) is 12.2. The SMILES string of the molecule is Cc1ccc(CN2CCC3(CC2)c2ncc(-c4cccc(F)c4)n2CCN3C)s1.O=C(O)C(F)(F)F.O=C(O)C(F)(F)F.O=C(O)C(F)(F)F. The number of piperidine rings is 1. The predicted octanol–water partition coefficient (Wildman–Crippen LogP) is 6.40. The lowest BCUT2D eigenvalue weighted by molar-refractivity contribution is -0.193. The minimum absolute atomic E-state index is 0.0221. The number of aliphatic carboxylic acids is 3. The molecule has 0 unspecified atom stereocenters. The van der Waals surface area contributed by atoms with E-state index in [4.69, 9.17) is 34.7 Å². The number of carbonyl (C=O) groups is 3. The van der Waals surface area contributed by atoms with Gasteiger partial charge in [0.05, 0.1) is 17.4 Å². The highest BCUT2D eigenvalue weighted by atomic mass is 32.1. The molecule has 2 aliphatic rings. The molecule has 1 saturated heterocycles. The number of likely N-dealkylation sites (N-methyl/N-ethyl adjacent to an activating group) is 1. The zero-order valence-electron chi connectivity index (χ0n) is 26.0. The van der Waals surface area contributed by atoms with E-state index in [1.54, 1.807) is 12.1 Å². The van der Waals surface area contributed by atoms with E-state index in [0.717, 1.165) is 62.6 Å². The van der Waals surface area contributed by atoms with Gasteiger partial charge >= 0.3 is 36.4 Å². The van der Waals surface area contributed by atoms with Crippen molar-refractivity contribution in [2.75, 3.05) is 26.7 Å². The van der Waals surface area contributed by atoms with Gasteiger partial charge in [0, 0.05) is 48.0 Å². The van der Waals surface area contributed by atoms with E-state index < -0.39 is 36.4 Å². The average molecular weight is 753 g/mol. The summed E-state index contributed by atoms with van der Waals surface area (Å²) in [6.45, 7) is 7.26. The number of carboxylic acids is 3. The van der Waals surface area contributed by atoms with Gasteiger partial charge in [-0.3, -0.25) is 9.80 Å². The number of rotatable bonds is 3. The van der Waals surface area contributed by atoms with Gasteiger partial charge in [-0.25, -0.2) is 23.8 Å². The molecule has 0 radical (unpaired) electrons. The summed E-state index contributed by atoms with van der Waals surface area (Å²) in [6, 6.07) is 11.3. The molecule has 2 aromatic heterocycles. The highest BCUT2D eigenvalue weighted by Crippen LogP contribution is 2.42. The highest BCUT2D eigenvalue weighted by molar-refractivity contribution is 7.11. The van der Waals surface area contributed by atoms with Crippen LogP contribution in [0.5, 0.6) is 0 Å². The molecule has 3 N–H and O–H groups in total. The molecular formula is C29H30F10N4O6S. The Hall–Kier alpha value is -4.24. The molecule has 1 spiro atoms. The van der Waals surface area contributed by atoms with Gasteiger partial charge in [0.25, 0.3) is 0 Å². The minimum atomic E-state index is -5.08. The van der Waals surface area contributed by atoms with Crippen molar-refractivity contribution < 1.29 is 73.6 Å². The van der Waals surface area contributed by atoms with Crippen LogP contribution in [0, 0.1) is 12.7 Å². The molecule has 1 fully saturated rings. The van der Waals surface area contributed by atoms with Crippen molar-refractivity contribution in [1.29, 1.82) is 0 Å². The molecule has 0 amide bonds. The van der Waals surface area contributed by atoms with Crippen LogP contribution in [0.4, 0.5) is 43.9 Å². The fourth-order valence-electron chi connectivity index (χ4n) is 4.96. The minimum Gasteiger partial charge on any atom is -0.475 e. The number of nitrogens with zero attached hydrogens (tertiary/aromatic N) is 4. The summed E-state index contributed by atoms with van der Waals surface area (Å²) in [6.07, 6.45) is -11.2. The van der Waals surface area contributed by atoms with E-state index in [1.807, 2.05) is 23.6 Å². The van der Waals surface area contributed by atoms with Crippen molar-refractivity contribution in [1.82, 2.24) is 19.4 Å². The number of halogens is 10. The molecule has 5 rings (SSSR count). The Kier molecular flexibility index (Phi) is 14.0. The topological polar surface area (TPSA) is 136 Å². The van der Waals surface area contributed by atoms with Crippen LogP contribution in [-0.2, 0) is 33.0 Å². The number of benzene rings is 1. The lowest BCUT2D eigenvalue weighted by Crippen LogP contribution is -2.56. The van der Waals surface area contributed by atoms with Crippen LogP contribution in [0.25, 0.3) is 11.3 Å². The number of fused-ring (bicyclic) bond motifs is 2. The summed E-state index contributed by atoms with van der Waals surface area (Å²) in [5.74, 6) is -7.32. The van der Waals surface area contributed by atoms with Gasteiger partial charge in [-0.15, -0.1) is 11.3 Å². The van der Waals surface area contributed by atoms with Gasteiger partial charge in [-0.05, 0) is 51.1 Å². The molecule has 0 atom stereocenters. The third-order valence-corrected chi connectivity index (χ3v) is 8.35. The lowest BCUT2D eigenvalue weighted by Gasteiger charge is -2.49. The summed E-state index contributed by atoms with van der Waals surface area (Å²) < 4.78 is 111. The van der Waals surface area contributed by atoms with Crippen molar-refractivity contribution in [2.45, 2.75) is 56.9 Å². The Balaban J connectivity index is 0.000000338. The first-order valence-corrected chi connectivity index (χ1v) is 14.9. The standard InChI is InChI=1S/C23H27FN4S.3C2HF3O2/c1-17-6-7-20(29-17)16-27-10-8-23(9-11-27)22-25-15-21(28(22)13-12-26(23)2)18-4-3-5-19(24)14-18;3*3-2(4,5)1(6)7/h3-7,14-15H,8-13,16H2,1-2H3;3*(H,6,7). The molecule has 0 bridgehead atoms. The molecule has 2 aliphatic heterocycles. The van der Waals surface area contributed by atoms with E-state index in [0.29, 0.717) is 0 Å². The maximum absolute atomic E-state index is 13.8. The molecule has 0 saturated carbocycles. The number of carboxylic acid groups (broad SMARTS) is 3. The number of likely N-dealkylation sites (tertiary alicyclic amines) is 1. The van der Waals surface area contributed by atoms with Gasteiger partial charge in [-0.1, -0.05) is 12.1 Å². The zero-order chi connectivity index (χ0) is 38.2. The normalized spacial score (nSPS) is 16.1. The smallest absolute Gasteiger partial charge is 0.475 e. The van der Waals surface area contributed by atoms with Crippen molar-refractivity contribution in [2.24, 2.45) is 0 Å². The molecule has 3 aromatic rings. The summed E-state index contributed by atoms with van der Waals surface area (Å²) in [7, 11) is 2.23. The van der Waals surface area contributed by atoms with Gasteiger partial charge in [0.15, 0.2) is 0 Å². The van der Waals surface area contributed by atoms with Gasteiger partial charge in [0.1, 0.15) is 11.6 Å². The number of imidazole rings is 1. The quantitative estimate of drug-likeness (QED) is 0.260. The lowest BCUT2D eigenvalue weighted by atomic mass is 9.83. The molecule has 4 heterocycles. The van der Waals surface area contributed by atoms with Crippen LogP contribution in [0.2, 0.25) is 0 Å². The molecule has 278 valence electrons. The highest BCUT2D eigenvalue weighted by Gasteiger charge is 2.46. The van der Waals surface area contributed by atoms with E-state index >= 15 is 0 Å². The van der Waals surface area contributed by atoms with Crippen molar-refractivity contribution in [3.8, 4) is 11.3 Å². The van der Waals surface area contributed by atoms with Crippen molar-refractivity contribution in [3.05, 3.63) is 64.0 Å². The average Bonchev–Trinajstić information content (AvgIpc) is 3.62. The number of aromatic nitrogens is 2. The fraction of sp³-hybridized carbons (Fsp3) is 0.448. The van der Waals surface area contributed by atoms with Crippen LogP contribution in [0.1, 0.15) is 28.4 Å². The molecule has 0 aliphatic carbocycles. The summed E-state index contributed by atoms with van der Waals surface area (Å²) >= 11 is 1.90. The Morgan fingerprint density at radius 3 is 1.74 bits per heavy atom. The van der Waals surface area contributed by atoms with Crippen LogP contribution >= 0.6 is 11.3 Å². The van der Waals surface area contributed by atoms with Crippen molar-refractivity contribution >= 4 is 29.2 Å². The third kappa shape index (κ3) is 11.7. The molecule has 50 heavy (non-hydrogen) atoms. The third-order valence-electron chi connectivity index (χ3n) is 7.37. The van der Waals surface area contributed by atoms with Crippen LogP contribution in [0.15, 0.2) is 42.6 Å². The Morgan fingerprint density at radius 2 is 1.32 bits per heavy atom. The van der Waals surface area contributed by atoms with Gasteiger partial charge < -0.3 is 19.9 Å². The zero-order valence-corrected chi connectivity index (χ0v) is 26.9. The summed E-state index contributed by atoms with van der Waals surface area (Å²) in [4.78, 5) is 39.5. The molecule has 1 aromatic carbocycles. The summed E-state index contributed by atoms with van der Waals surface area (Å²) in [5.41, 5.74) is 1.92. The van der Waals surface area contributed by atoms with E-state index in [2.05, 4.69) is 40.5 Å². The number of aryl methyl sites for hydroxylation is 1. The first kappa shape index (κ1) is 41.9. The second-order valence-electron chi connectivity index (χ2n) is 10.8. The van der Waals surface area contributed by atoms with Crippen LogP contribution in [0.3, 0.4) is 0 Å². The first-order chi connectivity index (χ1) is 22.9. The Labute approximate surface area is 281 Å². The molecule has 10 nitrogen and oxygen atoms in total. The first-order valence-electron chi connectivity index (χ1n) is 14.1. The predicted molar refractivity (Wildman–Crippen MR) is 157 cm³/mol. The fourth-order valence-corrected chi connectivity index (χ4v) is 5.90. The maximum Gasteiger partial charge on any atom is 0.490 e. The largest absolute Gasteiger partial charge is 0.490 e. The number of thiophene rings is 1. The Bertz CT molecular complexity index is 1560. The monoisotopic (exact) mass is 752 g/mol. The molecule has 21 heteroatoms. The number of hydrogen-bond donors (Lipinski definition) is 3. The Morgan fingerprint density at radius 1 is 0.820 bits per heavy atom. The summed E-state index contributed by atoms with van der Waals surface area (Å²) in [5, 5.41) is 21.4. The number of alkyl halides is 9. The van der Waals surface area contributed by atoms with E-state index in [1.165, 1.54) is 15.8 Å².